The molecule has 0 aliphatic carbocycles. The molecule has 1 saturated heterocycles. The Kier molecular flexibility index (Phi) is 2.93. The third-order valence-electron chi connectivity index (χ3n) is 3.53. The maximum atomic E-state index is 11.6. The van der Waals surface area contributed by atoms with Gasteiger partial charge in [-0.15, -0.1) is 5.10 Å². The van der Waals surface area contributed by atoms with Gasteiger partial charge in [-0.3, -0.25) is 0 Å². The molecule has 102 valence electrons. The highest BCUT2D eigenvalue weighted by atomic mass is 32.2. The summed E-state index contributed by atoms with van der Waals surface area (Å²) in [5.74, 6) is 0.677. The number of anilines is 1. The second-order valence-electron chi connectivity index (χ2n) is 5.14. The summed E-state index contributed by atoms with van der Waals surface area (Å²) in [6.45, 7) is 0.583. The zero-order valence-electron chi connectivity index (χ0n) is 10.5. The second-order valence-corrected chi connectivity index (χ2v) is 7.37. The van der Waals surface area contributed by atoms with Crippen LogP contribution < -0.4 is 5.73 Å². The van der Waals surface area contributed by atoms with Crippen LogP contribution in [0.4, 0.5) is 5.69 Å². The molecule has 0 spiro atoms. The summed E-state index contributed by atoms with van der Waals surface area (Å²) in [5.41, 5.74) is 8.07. The van der Waals surface area contributed by atoms with Crippen LogP contribution >= 0.6 is 0 Å². The van der Waals surface area contributed by atoms with Crippen molar-refractivity contribution in [3.05, 3.63) is 18.2 Å². The lowest BCUT2D eigenvalue weighted by atomic mass is 10.1. The van der Waals surface area contributed by atoms with E-state index in [2.05, 4.69) is 10.3 Å². The van der Waals surface area contributed by atoms with Crippen molar-refractivity contribution in [2.45, 2.75) is 19.4 Å². The summed E-state index contributed by atoms with van der Waals surface area (Å²) in [4.78, 5) is 0. The fraction of sp³-hybridized carbons (Fsp3) is 0.500. The number of hydrogen-bond donors (Lipinski definition) is 1. The van der Waals surface area contributed by atoms with Crippen molar-refractivity contribution < 1.29 is 8.42 Å². The monoisotopic (exact) mass is 280 g/mol. The molecule has 7 heteroatoms. The predicted molar refractivity (Wildman–Crippen MR) is 73.3 cm³/mol. The number of nitrogen functional groups attached to an aromatic ring is 1. The number of nitrogens with zero attached hydrogens (tertiary/aromatic N) is 3. The Labute approximate surface area is 111 Å². The SMILES string of the molecule is Nc1ccc2nnn(CC3CCCS(=O)(=O)C3)c2c1. The van der Waals surface area contributed by atoms with Gasteiger partial charge in [-0.1, -0.05) is 5.21 Å². The largest absolute Gasteiger partial charge is 0.399 e. The highest BCUT2D eigenvalue weighted by Gasteiger charge is 2.25. The van der Waals surface area contributed by atoms with Crippen molar-refractivity contribution in [1.29, 1.82) is 0 Å². The Hall–Kier alpha value is -1.63. The highest BCUT2D eigenvalue weighted by molar-refractivity contribution is 7.91. The normalized spacial score (nSPS) is 22.6. The van der Waals surface area contributed by atoms with Gasteiger partial charge in [0.2, 0.25) is 0 Å². The minimum absolute atomic E-state index is 0.116. The third kappa shape index (κ3) is 2.56. The minimum Gasteiger partial charge on any atom is -0.399 e. The molecular formula is C12H16N4O2S. The first-order valence-electron chi connectivity index (χ1n) is 6.33. The molecule has 1 aliphatic heterocycles. The smallest absolute Gasteiger partial charge is 0.150 e. The molecule has 3 rings (SSSR count). The van der Waals surface area contributed by atoms with Gasteiger partial charge >= 0.3 is 0 Å². The van der Waals surface area contributed by atoms with E-state index in [1.807, 2.05) is 12.1 Å². The van der Waals surface area contributed by atoms with Gasteiger partial charge in [0.1, 0.15) is 5.52 Å². The Morgan fingerprint density at radius 2 is 2.26 bits per heavy atom. The zero-order chi connectivity index (χ0) is 13.5. The van der Waals surface area contributed by atoms with Gasteiger partial charge < -0.3 is 5.73 Å². The lowest BCUT2D eigenvalue weighted by molar-refractivity contribution is 0.407. The van der Waals surface area contributed by atoms with Crippen LogP contribution in [0, 0.1) is 5.92 Å². The molecule has 1 atom stereocenters. The van der Waals surface area contributed by atoms with Crippen molar-refractivity contribution in [2.24, 2.45) is 5.92 Å². The summed E-state index contributed by atoms with van der Waals surface area (Å²) in [5, 5.41) is 8.16. The van der Waals surface area contributed by atoms with E-state index in [1.54, 1.807) is 10.7 Å². The molecule has 0 amide bonds. The molecule has 0 radical (unpaired) electrons. The summed E-state index contributed by atoms with van der Waals surface area (Å²) in [7, 11) is -2.88. The van der Waals surface area contributed by atoms with Gasteiger partial charge in [0.15, 0.2) is 9.84 Å². The topological polar surface area (TPSA) is 90.9 Å². The first kappa shape index (κ1) is 12.4. The van der Waals surface area contributed by atoms with Crippen molar-refractivity contribution in [2.75, 3.05) is 17.2 Å². The van der Waals surface area contributed by atoms with Crippen molar-refractivity contribution in [3.8, 4) is 0 Å². The van der Waals surface area contributed by atoms with Crippen LogP contribution in [-0.2, 0) is 16.4 Å². The van der Waals surface area contributed by atoms with Crippen LogP contribution in [0.3, 0.4) is 0 Å². The van der Waals surface area contributed by atoms with Crippen LogP contribution in [0.2, 0.25) is 0 Å². The molecule has 1 aromatic heterocycles. The van der Waals surface area contributed by atoms with E-state index in [0.29, 0.717) is 18.0 Å². The van der Waals surface area contributed by atoms with E-state index in [9.17, 15) is 8.42 Å². The first-order valence-corrected chi connectivity index (χ1v) is 8.15. The molecular weight excluding hydrogens is 264 g/mol. The molecule has 19 heavy (non-hydrogen) atoms. The zero-order valence-corrected chi connectivity index (χ0v) is 11.3. The van der Waals surface area contributed by atoms with Crippen LogP contribution in [-0.4, -0.2) is 34.9 Å². The van der Waals surface area contributed by atoms with Crippen molar-refractivity contribution >= 4 is 26.6 Å². The molecule has 1 aromatic carbocycles. The van der Waals surface area contributed by atoms with Crippen LogP contribution in [0.5, 0.6) is 0 Å². The Bertz CT molecular complexity index is 708. The number of benzene rings is 1. The lowest BCUT2D eigenvalue weighted by Gasteiger charge is -2.21. The van der Waals surface area contributed by atoms with E-state index in [1.165, 1.54) is 0 Å². The average Bonchev–Trinajstić information content (AvgIpc) is 2.71. The van der Waals surface area contributed by atoms with E-state index in [0.717, 1.165) is 23.9 Å². The number of hydrogen-bond acceptors (Lipinski definition) is 5. The number of sulfone groups is 1. The number of aromatic nitrogens is 3. The first-order chi connectivity index (χ1) is 9.03. The summed E-state index contributed by atoms with van der Waals surface area (Å²) >= 11 is 0. The molecule has 0 bridgehead atoms. The fourth-order valence-electron chi connectivity index (χ4n) is 2.62. The average molecular weight is 280 g/mol. The second kappa shape index (κ2) is 4.48. The van der Waals surface area contributed by atoms with Crippen molar-refractivity contribution in [1.82, 2.24) is 15.0 Å². The number of nitrogens with two attached hydrogens (primary N) is 1. The number of fused-ring (bicyclic) bond motifs is 1. The molecule has 6 nitrogen and oxygen atoms in total. The molecule has 2 aromatic rings. The molecule has 2 heterocycles. The molecule has 2 N–H and O–H groups in total. The van der Waals surface area contributed by atoms with Gasteiger partial charge in [0.25, 0.3) is 0 Å². The molecule has 0 saturated carbocycles. The van der Waals surface area contributed by atoms with Crippen LogP contribution in [0.15, 0.2) is 18.2 Å². The van der Waals surface area contributed by atoms with Gasteiger partial charge in [-0.2, -0.15) is 0 Å². The highest BCUT2D eigenvalue weighted by Crippen LogP contribution is 2.22. The molecule has 1 unspecified atom stereocenters. The number of rotatable bonds is 2. The van der Waals surface area contributed by atoms with Gasteiger partial charge in [0.05, 0.1) is 17.0 Å². The van der Waals surface area contributed by atoms with Gasteiger partial charge in [0, 0.05) is 12.2 Å². The van der Waals surface area contributed by atoms with Crippen LogP contribution in [0.1, 0.15) is 12.8 Å². The molecule has 1 aliphatic rings. The lowest BCUT2D eigenvalue weighted by Crippen LogP contribution is -2.28. The summed E-state index contributed by atoms with van der Waals surface area (Å²) in [6, 6.07) is 5.44. The fourth-order valence-corrected chi connectivity index (χ4v) is 4.39. The van der Waals surface area contributed by atoms with E-state index < -0.39 is 9.84 Å². The van der Waals surface area contributed by atoms with Gasteiger partial charge in [-0.25, -0.2) is 13.1 Å². The quantitative estimate of drug-likeness (QED) is 0.823. The standard InChI is InChI=1S/C12H16N4O2S/c13-10-3-4-11-12(6-10)16(15-14-11)7-9-2-1-5-19(17,18)8-9/h3-4,6,9H,1-2,5,7-8,13H2. The van der Waals surface area contributed by atoms with Crippen LogP contribution in [0.25, 0.3) is 11.0 Å². The van der Waals surface area contributed by atoms with E-state index in [4.69, 9.17) is 5.73 Å². The Morgan fingerprint density at radius 3 is 3.05 bits per heavy atom. The maximum absolute atomic E-state index is 11.6. The Balaban J connectivity index is 1.87. The van der Waals surface area contributed by atoms with E-state index in [-0.39, 0.29) is 11.7 Å². The molecule has 1 fully saturated rings. The van der Waals surface area contributed by atoms with Gasteiger partial charge in [-0.05, 0) is 37.0 Å². The van der Waals surface area contributed by atoms with E-state index >= 15 is 0 Å². The maximum Gasteiger partial charge on any atom is 0.150 e. The Morgan fingerprint density at radius 1 is 1.42 bits per heavy atom. The summed E-state index contributed by atoms with van der Waals surface area (Å²) < 4.78 is 25.0. The summed E-state index contributed by atoms with van der Waals surface area (Å²) in [6.07, 6.45) is 1.66. The minimum atomic E-state index is -2.88. The van der Waals surface area contributed by atoms with Crippen molar-refractivity contribution in [3.63, 3.8) is 0 Å². The third-order valence-corrected chi connectivity index (χ3v) is 5.42. The predicted octanol–water partition coefficient (Wildman–Crippen LogP) is 0.838.